The van der Waals surface area contributed by atoms with Gasteiger partial charge in [-0.1, -0.05) is 6.07 Å². The first-order valence-corrected chi connectivity index (χ1v) is 10.3. The molecule has 0 radical (unpaired) electrons. The average molecular weight is 433 g/mol. The summed E-state index contributed by atoms with van der Waals surface area (Å²) in [6, 6.07) is 10.1. The van der Waals surface area contributed by atoms with E-state index in [0.29, 0.717) is 30.5 Å². The van der Waals surface area contributed by atoms with Gasteiger partial charge < -0.3 is 33.2 Å². The molecule has 2 aromatic rings. The first-order chi connectivity index (χ1) is 15.1. The number of methoxy groups -OCH3 is 5. The Morgan fingerprint density at radius 3 is 1.94 bits per heavy atom. The average Bonchev–Trinajstić information content (AvgIpc) is 3.26. The predicted octanol–water partition coefficient (Wildman–Crippen LogP) is 3.75. The van der Waals surface area contributed by atoms with Crippen LogP contribution in [-0.4, -0.2) is 55.6 Å². The van der Waals surface area contributed by atoms with Crippen LogP contribution in [0.15, 0.2) is 30.3 Å². The molecule has 170 valence electrons. The first-order valence-electron chi connectivity index (χ1n) is 10.3. The lowest BCUT2D eigenvalue weighted by molar-refractivity contribution is 0.0697. The molecule has 0 aliphatic carbocycles. The van der Waals surface area contributed by atoms with Crippen molar-refractivity contribution in [1.29, 1.82) is 0 Å². The van der Waals surface area contributed by atoms with E-state index >= 15 is 0 Å². The van der Waals surface area contributed by atoms with E-state index in [1.165, 1.54) is 0 Å². The lowest BCUT2D eigenvalue weighted by Crippen LogP contribution is -2.27. The highest BCUT2D eigenvalue weighted by atomic mass is 16.7. The Kier molecular flexibility index (Phi) is 8.26. The number of hydrogen-bond donors (Lipinski definition) is 0. The van der Waals surface area contributed by atoms with Crippen LogP contribution in [-0.2, 0) is 22.3 Å². The molecule has 2 atom stereocenters. The van der Waals surface area contributed by atoms with Gasteiger partial charge in [0.05, 0.1) is 21.3 Å². The number of hydrogen-bond acceptors (Lipinski definition) is 7. The number of ether oxygens (including phenoxy) is 7. The van der Waals surface area contributed by atoms with Crippen molar-refractivity contribution in [1.82, 2.24) is 0 Å². The fraction of sp³-hybridized carbons (Fsp3) is 0.500. The van der Waals surface area contributed by atoms with Crippen LogP contribution < -0.4 is 23.7 Å². The topological polar surface area (TPSA) is 64.6 Å². The van der Waals surface area contributed by atoms with Gasteiger partial charge in [0, 0.05) is 27.4 Å². The van der Waals surface area contributed by atoms with Crippen LogP contribution in [0.5, 0.6) is 28.7 Å². The summed E-state index contributed by atoms with van der Waals surface area (Å²) in [6.07, 6.45) is 1.62. The second-order valence-corrected chi connectivity index (χ2v) is 7.56. The summed E-state index contributed by atoms with van der Waals surface area (Å²) in [4.78, 5) is 0. The van der Waals surface area contributed by atoms with Crippen LogP contribution in [0.4, 0.5) is 0 Å². The molecule has 0 amide bonds. The highest BCUT2D eigenvalue weighted by Crippen LogP contribution is 2.42. The SMILES string of the molecule is COCC(Cc1ccc(OC)c(OC)c1)C(COC)Cc1cc(OC)c2c(c1)OCO2. The van der Waals surface area contributed by atoms with Gasteiger partial charge in [0.1, 0.15) is 0 Å². The van der Waals surface area contributed by atoms with E-state index in [9.17, 15) is 0 Å². The van der Waals surface area contributed by atoms with Gasteiger partial charge in [0.15, 0.2) is 23.0 Å². The molecular formula is C24H32O7. The molecule has 2 unspecified atom stereocenters. The summed E-state index contributed by atoms with van der Waals surface area (Å²) in [5, 5.41) is 0. The zero-order valence-electron chi connectivity index (χ0n) is 18.9. The predicted molar refractivity (Wildman–Crippen MR) is 117 cm³/mol. The van der Waals surface area contributed by atoms with Crippen molar-refractivity contribution in [2.45, 2.75) is 12.8 Å². The number of fused-ring (bicyclic) bond motifs is 1. The largest absolute Gasteiger partial charge is 0.493 e. The summed E-state index contributed by atoms with van der Waals surface area (Å²) in [7, 11) is 8.38. The van der Waals surface area contributed by atoms with Crippen molar-refractivity contribution < 1.29 is 33.2 Å². The van der Waals surface area contributed by atoms with Crippen LogP contribution in [0.25, 0.3) is 0 Å². The number of benzene rings is 2. The highest BCUT2D eigenvalue weighted by Gasteiger charge is 2.26. The molecule has 7 heteroatoms. The Morgan fingerprint density at radius 2 is 1.32 bits per heavy atom. The molecule has 0 saturated carbocycles. The molecule has 7 nitrogen and oxygen atoms in total. The summed E-state index contributed by atoms with van der Waals surface area (Å²) < 4.78 is 38.6. The molecule has 31 heavy (non-hydrogen) atoms. The maximum Gasteiger partial charge on any atom is 0.231 e. The molecule has 0 saturated heterocycles. The third kappa shape index (κ3) is 5.54. The summed E-state index contributed by atoms with van der Waals surface area (Å²) in [6.45, 7) is 1.43. The third-order valence-electron chi connectivity index (χ3n) is 5.59. The minimum Gasteiger partial charge on any atom is -0.493 e. The van der Waals surface area contributed by atoms with Crippen LogP contribution in [0.2, 0.25) is 0 Å². The Bertz CT molecular complexity index is 852. The van der Waals surface area contributed by atoms with Gasteiger partial charge in [-0.3, -0.25) is 0 Å². The molecule has 2 aromatic carbocycles. The lowest BCUT2D eigenvalue weighted by Gasteiger charge is -2.27. The maximum atomic E-state index is 5.59. The molecule has 0 fully saturated rings. The van der Waals surface area contributed by atoms with Crippen LogP contribution in [0, 0.1) is 11.8 Å². The van der Waals surface area contributed by atoms with Crippen LogP contribution in [0.3, 0.4) is 0 Å². The normalized spacial score (nSPS) is 14.2. The Balaban J connectivity index is 1.83. The van der Waals surface area contributed by atoms with Crippen LogP contribution in [0.1, 0.15) is 11.1 Å². The standard InChI is InChI=1S/C24H32O7/c1-25-13-18(8-16-6-7-20(27-3)21(10-16)28-4)19(14-26-2)9-17-11-22(29-5)24-23(12-17)30-15-31-24/h6-7,10-12,18-19H,8-9,13-15H2,1-5H3. The van der Waals surface area contributed by atoms with E-state index in [1.807, 2.05) is 24.3 Å². The van der Waals surface area contributed by atoms with E-state index in [4.69, 9.17) is 33.2 Å². The van der Waals surface area contributed by atoms with Crippen molar-refractivity contribution in [3.63, 3.8) is 0 Å². The fourth-order valence-corrected chi connectivity index (χ4v) is 4.07. The summed E-state index contributed by atoms with van der Waals surface area (Å²) >= 11 is 0. The Morgan fingerprint density at radius 1 is 0.710 bits per heavy atom. The van der Waals surface area contributed by atoms with Gasteiger partial charge in [-0.05, 0) is 60.1 Å². The second-order valence-electron chi connectivity index (χ2n) is 7.56. The van der Waals surface area contributed by atoms with Crippen molar-refractivity contribution in [3.8, 4) is 28.7 Å². The van der Waals surface area contributed by atoms with E-state index in [1.54, 1.807) is 35.5 Å². The molecule has 1 aliphatic rings. The van der Waals surface area contributed by atoms with Crippen LogP contribution >= 0.6 is 0 Å². The summed E-state index contributed by atoms with van der Waals surface area (Å²) in [5.74, 6) is 3.96. The third-order valence-corrected chi connectivity index (χ3v) is 5.59. The van der Waals surface area contributed by atoms with Gasteiger partial charge in [-0.25, -0.2) is 0 Å². The first kappa shape index (κ1) is 23.0. The quantitative estimate of drug-likeness (QED) is 0.506. The molecule has 3 rings (SSSR count). The van der Waals surface area contributed by atoms with Crippen molar-refractivity contribution in [3.05, 3.63) is 41.5 Å². The lowest BCUT2D eigenvalue weighted by atomic mass is 9.83. The molecule has 0 bridgehead atoms. The molecule has 0 spiro atoms. The Hall–Kier alpha value is -2.64. The molecule has 0 aromatic heterocycles. The molecule has 0 N–H and O–H groups in total. The summed E-state index contributed by atoms with van der Waals surface area (Å²) in [5.41, 5.74) is 2.26. The number of rotatable bonds is 12. The van der Waals surface area contributed by atoms with Gasteiger partial charge in [0.2, 0.25) is 12.5 Å². The molecular weight excluding hydrogens is 400 g/mol. The zero-order valence-corrected chi connectivity index (χ0v) is 18.9. The van der Waals surface area contributed by atoms with E-state index in [0.717, 1.165) is 35.5 Å². The zero-order chi connectivity index (χ0) is 22.2. The van der Waals surface area contributed by atoms with Gasteiger partial charge in [-0.15, -0.1) is 0 Å². The van der Waals surface area contributed by atoms with Crippen molar-refractivity contribution in [2.75, 3.05) is 55.6 Å². The molecule has 1 aliphatic heterocycles. The Labute approximate surface area is 184 Å². The van der Waals surface area contributed by atoms with E-state index in [-0.39, 0.29) is 18.6 Å². The van der Waals surface area contributed by atoms with Gasteiger partial charge >= 0.3 is 0 Å². The van der Waals surface area contributed by atoms with E-state index in [2.05, 4.69) is 6.07 Å². The monoisotopic (exact) mass is 432 g/mol. The minimum absolute atomic E-state index is 0.211. The van der Waals surface area contributed by atoms with Crippen molar-refractivity contribution in [2.24, 2.45) is 11.8 Å². The highest BCUT2D eigenvalue weighted by molar-refractivity contribution is 5.55. The second kappa shape index (κ2) is 11.1. The smallest absolute Gasteiger partial charge is 0.231 e. The fourth-order valence-electron chi connectivity index (χ4n) is 4.07. The maximum absolute atomic E-state index is 5.59. The molecule has 1 heterocycles. The van der Waals surface area contributed by atoms with E-state index < -0.39 is 0 Å². The van der Waals surface area contributed by atoms with Gasteiger partial charge in [0.25, 0.3) is 0 Å². The van der Waals surface area contributed by atoms with Crippen molar-refractivity contribution >= 4 is 0 Å². The minimum atomic E-state index is 0.211. The van der Waals surface area contributed by atoms with Gasteiger partial charge in [-0.2, -0.15) is 0 Å².